The highest BCUT2D eigenvalue weighted by molar-refractivity contribution is 5.76. The van der Waals surface area contributed by atoms with E-state index >= 15 is 0 Å². The topological polar surface area (TPSA) is 121 Å². The van der Waals surface area contributed by atoms with Crippen molar-refractivity contribution < 1.29 is 9.72 Å². The van der Waals surface area contributed by atoms with Gasteiger partial charge >= 0.3 is 5.69 Å². The predicted molar refractivity (Wildman–Crippen MR) is 76.6 cm³/mol. The molecule has 0 aliphatic heterocycles. The molecule has 0 bridgehead atoms. The van der Waals surface area contributed by atoms with Crippen LogP contribution in [0.3, 0.4) is 0 Å². The van der Waals surface area contributed by atoms with Crippen molar-refractivity contribution in [2.24, 2.45) is 5.92 Å². The Hall–Kier alpha value is -2.69. The van der Waals surface area contributed by atoms with E-state index in [0.29, 0.717) is 12.5 Å². The van der Waals surface area contributed by atoms with Crippen LogP contribution in [0.4, 0.5) is 11.5 Å². The number of aromatic nitrogens is 1. The minimum atomic E-state index is -0.616. The molecule has 0 aromatic carbocycles. The maximum atomic E-state index is 11.5. The lowest BCUT2D eigenvalue weighted by Gasteiger charge is -2.08. The van der Waals surface area contributed by atoms with Crippen molar-refractivity contribution in [3.8, 4) is 6.07 Å². The number of rotatable bonds is 7. The van der Waals surface area contributed by atoms with Crippen molar-refractivity contribution in [3.63, 3.8) is 0 Å². The van der Waals surface area contributed by atoms with Crippen LogP contribution in [0.1, 0.15) is 25.8 Å². The van der Waals surface area contributed by atoms with Gasteiger partial charge < -0.3 is 10.6 Å². The molecule has 0 saturated heterocycles. The molecule has 0 fully saturated rings. The van der Waals surface area contributed by atoms with Gasteiger partial charge in [0.15, 0.2) is 0 Å². The van der Waals surface area contributed by atoms with Gasteiger partial charge in [0.1, 0.15) is 6.07 Å². The third-order valence-electron chi connectivity index (χ3n) is 2.55. The highest BCUT2D eigenvalue weighted by Gasteiger charge is 2.16. The van der Waals surface area contributed by atoms with Crippen LogP contribution in [0.2, 0.25) is 0 Å². The number of hydrogen-bond acceptors (Lipinski definition) is 6. The minimum absolute atomic E-state index is 0.0515. The molecule has 1 amide bonds. The normalized spacial score (nSPS) is 10.0. The first-order valence-corrected chi connectivity index (χ1v) is 6.49. The molecule has 1 aromatic rings. The summed E-state index contributed by atoms with van der Waals surface area (Å²) in [6, 6.07) is 2.94. The van der Waals surface area contributed by atoms with Crippen LogP contribution in [-0.2, 0) is 4.79 Å². The summed E-state index contributed by atoms with van der Waals surface area (Å²) < 4.78 is 0. The van der Waals surface area contributed by atoms with Gasteiger partial charge in [-0.05, 0) is 5.92 Å². The van der Waals surface area contributed by atoms with Gasteiger partial charge in [0.25, 0.3) is 0 Å². The SMILES string of the molecule is CC(C)CNC(=O)CCNc1ncc(C#N)cc1[N+](=O)[O-]. The Morgan fingerprint density at radius 1 is 1.57 bits per heavy atom. The summed E-state index contributed by atoms with van der Waals surface area (Å²) in [5.74, 6) is 0.284. The summed E-state index contributed by atoms with van der Waals surface area (Å²) in [5.41, 5.74) is -0.168. The van der Waals surface area contributed by atoms with Crippen molar-refractivity contribution in [1.82, 2.24) is 10.3 Å². The van der Waals surface area contributed by atoms with E-state index < -0.39 is 4.92 Å². The van der Waals surface area contributed by atoms with Crippen LogP contribution in [-0.4, -0.2) is 28.9 Å². The molecule has 0 aliphatic carbocycles. The average Bonchev–Trinajstić information content (AvgIpc) is 2.45. The number of nitrogens with zero attached hydrogens (tertiary/aromatic N) is 3. The zero-order valence-corrected chi connectivity index (χ0v) is 11.9. The van der Waals surface area contributed by atoms with E-state index in [-0.39, 0.29) is 35.9 Å². The molecule has 1 aromatic heterocycles. The first-order valence-electron chi connectivity index (χ1n) is 6.49. The van der Waals surface area contributed by atoms with Gasteiger partial charge in [-0.2, -0.15) is 5.26 Å². The summed E-state index contributed by atoms with van der Waals surface area (Å²) in [5, 5.41) is 25.1. The molecule has 8 nitrogen and oxygen atoms in total. The molecule has 21 heavy (non-hydrogen) atoms. The molecule has 1 rings (SSSR count). The van der Waals surface area contributed by atoms with Crippen molar-refractivity contribution >= 4 is 17.4 Å². The van der Waals surface area contributed by atoms with Crippen LogP contribution >= 0.6 is 0 Å². The first-order chi connectivity index (χ1) is 9.93. The summed E-state index contributed by atoms with van der Waals surface area (Å²) in [4.78, 5) is 25.6. The number of anilines is 1. The Kier molecular flexibility index (Phi) is 6.07. The zero-order valence-electron chi connectivity index (χ0n) is 11.9. The molecular weight excluding hydrogens is 274 g/mol. The molecule has 8 heteroatoms. The second-order valence-electron chi connectivity index (χ2n) is 4.84. The molecule has 0 aliphatic rings. The molecule has 0 atom stereocenters. The summed E-state index contributed by atoms with van der Waals surface area (Å²) >= 11 is 0. The highest BCUT2D eigenvalue weighted by atomic mass is 16.6. The van der Waals surface area contributed by atoms with E-state index in [1.807, 2.05) is 13.8 Å². The number of nitro groups is 1. The van der Waals surface area contributed by atoms with E-state index in [9.17, 15) is 14.9 Å². The molecular formula is C13H17N5O3. The fourth-order valence-electron chi connectivity index (χ4n) is 1.49. The van der Waals surface area contributed by atoms with Crippen molar-refractivity contribution in [1.29, 1.82) is 5.26 Å². The molecule has 0 unspecified atom stereocenters. The Balaban J connectivity index is 2.58. The lowest BCUT2D eigenvalue weighted by Crippen LogP contribution is -2.28. The van der Waals surface area contributed by atoms with Crippen LogP contribution in [0, 0.1) is 27.4 Å². The fourth-order valence-corrected chi connectivity index (χ4v) is 1.49. The second-order valence-corrected chi connectivity index (χ2v) is 4.84. The molecule has 2 N–H and O–H groups in total. The van der Waals surface area contributed by atoms with Gasteiger partial charge in [-0.1, -0.05) is 13.8 Å². The lowest BCUT2D eigenvalue weighted by molar-refractivity contribution is -0.384. The largest absolute Gasteiger partial charge is 0.364 e. The molecule has 1 heterocycles. The minimum Gasteiger partial charge on any atom is -0.364 e. The van der Waals surface area contributed by atoms with E-state index in [4.69, 9.17) is 5.26 Å². The summed E-state index contributed by atoms with van der Waals surface area (Å²) in [6.45, 7) is 4.79. The maximum Gasteiger partial charge on any atom is 0.312 e. The van der Waals surface area contributed by atoms with Crippen molar-refractivity contribution in [2.75, 3.05) is 18.4 Å². The lowest BCUT2D eigenvalue weighted by atomic mass is 10.2. The number of pyridine rings is 1. The monoisotopic (exact) mass is 291 g/mol. The highest BCUT2D eigenvalue weighted by Crippen LogP contribution is 2.22. The van der Waals surface area contributed by atoms with Gasteiger partial charge in [-0.25, -0.2) is 4.98 Å². The van der Waals surface area contributed by atoms with E-state index in [2.05, 4.69) is 15.6 Å². The standard InChI is InChI=1S/C13H17N5O3/c1-9(2)7-16-12(19)3-4-15-13-11(18(20)21)5-10(6-14)8-17-13/h5,8-9H,3-4,7H2,1-2H3,(H,15,17)(H,16,19). The average molecular weight is 291 g/mol. The van der Waals surface area contributed by atoms with Crippen LogP contribution < -0.4 is 10.6 Å². The number of carbonyl (C=O) groups excluding carboxylic acids is 1. The Morgan fingerprint density at radius 3 is 2.86 bits per heavy atom. The Bertz CT molecular complexity index is 565. The smallest absolute Gasteiger partial charge is 0.312 e. The van der Waals surface area contributed by atoms with Crippen LogP contribution in [0.25, 0.3) is 0 Å². The van der Waals surface area contributed by atoms with Gasteiger partial charge in [0, 0.05) is 31.8 Å². The fraction of sp³-hybridized carbons (Fsp3) is 0.462. The molecule has 0 saturated carbocycles. The summed E-state index contributed by atoms with van der Waals surface area (Å²) in [6.07, 6.45) is 1.43. The maximum absolute atomic E-state index is 11.5. The first kappa shape index (κ1) is 16.4. The third-order valence-corrected chi connectivity index (χ3v) is 2.55. The van der Waals surface area contributed by atoms with Crippen LogP contribution in [0.5, 0.6) is 0 Å². The van der Waals surface area contributed by atoms with Crippen molar-refractivity contribution in [2.45, 2.75) is 20.3 Å². The second kappa shape index (κ2) is 7.79. The molecule has 112 valence electrons. The van der Waals surface area contributed by atoms with E-state index in [1.54, 1.807) is 6.07 Å². The predicted octanol–water partition coefficient (Wildman–Crippen LogP) is 1.44. The third kappa shape index (κ3) is 5.44. The summed E-state index contributed by atoms with van der Waals surface area (Å²) in [7, 11) is 0. The van der Waals surface area contributed by atoms with Crippen molar-refractivity contribution in [3.05, 3.63) is 27.9 Å². The molecule has 0 spiro atoms. The quantitative estimate of drug-likeness (QED) is 0.579. The van der Waals surface area contributed by atoms with Gasteiger partial charge in [-0.3, -0.25) is 14.9 Å². The number of nitrogens with one attached hydrogen (secondary N) is 2. The molecule has 0 radical (unpaired) electrons. The van der Waals surface area contributed by atoms with Gasteiger partial charge in [0.2, 0.25) is 11.7 Å². The number of hydrogen-bond donors (Lipinski definition) is 2. The number of carbonyl (C=O) groups is 1. The zero-order chi connectivity index (χ0) is 15.8. The van der Waals surface area contributed by atoms with E-state index in [0.717, 1.165) is 6.07 Å². The van der Waals surface area contributed by atoms with Gasteiger partial charge in [0.05, 0.1) is 10.5 Å². The van der Waals surface area contributed by atoms with Crippen LogP contribution in [0.15, 0.2) is 12.3 Å². The van der Waals surface area contributed by atoms with E-state index in [1.165, 1.54) is 6.20 Å². The number of nitriles is 1. The Labute approximate surface area is 122 Å². The van der Waals surface area contributed by atoms with Gasteiger partial charge in [-0.15, -0.1) is 0 Å². The number of amides is 1. The Morgan fingerprint density at radius 2 is 2.29 bits per heavy atom.